The van der Waals surface area contributed by atoms with Gasteiger partial charge >= 0.3 is 0 Å². The lowest BCUT2D eigenvalue weighted by Crippen LogP contribution is -2.47. The smallest absolute Gasteiger partial charge is 0.224 e. The molecule has 3 nitrogen and oxygen atoms in total. The number of piperidine rings is 1. The fourth-order valence-electron chi connectivity index (χ4n) is 6.96. The molecule has 140 valence electrons. The van der Waals surface area contributed by atoms with Crippen LogP contribution in [0.2, 0.25) is 0 Å². The van der Waals surface area contributed by atoms with Crippen LogP contribution >= 0.6 is 0 Å². The number of nitrogens with one attached hydrogen (secondary N) is 1. The van der Waals surface area contributed by atoms with Gasteiger partial charge in [-0.25, -0.2) is 0 Å². The fraction of sp³-hybridized carbons (Fsp3) is 0.696. The van der Waals surface area contributed by atoms with Gasteiger partial charge in [0.15, 0.2) is 0 Å². The molecule has 1 saturated heterocycles. The van der Waals surface area contributed by atoms with Gasteiger partial charge in [0, 0.05) is 30.9 Å². The first-order valence-electron chi connectivity index (χ1n) is 10.8. The predicted octanol–water partition coefficient (Wildman–Crippen LogP) is 5.22. The third-order valence-corrected chi connectivity index (χ3v) is 7.57. The van der Waals surface area contributed by atoms with Crippen molar-refractivity contribution < 1.29 is 4.79 Å². The summed E-state index contributed by atoms with van der Waals surface area (Å²) < 4.78 is 0. The average Bonchev–Trinajstić information content (AvgIpc) is 2.61. The SMILES string of the molecule is O=C(CC12CC3CC(CC(C3)C1)C2)Nc1ccc(N2CCCCC2)cc1. The largest absolute Gasteiger partial charge is 0.372 e. The van der Waals surface area contributed by atoms with Gasteiger partial charge in [0.1, 0.15) is 0 Å². The predicted molar refractivity (Wildman–Crippen MR) is 106 cm³/mol. The molecule has 0 atom stereocenters. The summed E-state index contributed by atoms with van der Waals surface area (Å²) in [4.78, 5) is 15.2. The van der Waals surface area contributed by atoms with E-state index < -0.39 is 0 Å². The van der Waals surface area contributed by atoms with Gasteiger partial charge in [-0.15, -0.1) is 0 Å². The van der Waals surface area contributed by atoms with Gasteiger partial charge in [0.25, 0.3) is 0 Å². The van der Waals surface area contributed by atoms with E-state index in [0.29, 0.717) is 5.41 Å². The van der Waals surface area contributed by atoms with Crippen molar-refractivity contribution in [3.63, 3.8) is 0 Å². The zero-order valence-corrected chi connectivity index (χ0v) is 15.9. The van der Waals surface area contributed by atoms with Crippen LogP contribution in [0.5, 0.6) is 0 Å². The van der Waals surface area contributed by atoms with Crippen LogP contribution < -0.4 is 10.2 Å². The summed E-state index contributed by atoms with van der Waals surface area (Å²) in [6, 6.07) is 8.51. The molecule has 6 rings (SSSR count). The Hall–Kier alpha value is -1.51. The Morgan fingerprint density at radius 3 is 2.08 bits per heavy atom. The molecular formula is C23H32N2O. The molecule has 4 aliphatic carbocycles. The van der Waals surface area contributed by atoms with Crippen molar-refractivity contribution in [3.05, 3.63) is 24.3 Å². The van der Waals surface area contributed by atoms with Gasteiger partial charge in [0.05, 0.1) is 0 Å². The number of benzene rings is 1. The molecule has 4 saturated carbocycles. The minimum atomic E-state index is 0.234. The molecule has 0 unspecified atom stereocenters. The second kappa shape index (κ2) is 6.58. The average molecular weight is 353 g/mol. The Bertz CT molecular complexity index is 624. The molecule has 1 heterocycles. The molecule has 0 aromatic heterocycles. The number of anilines is 2. The van der Waals surface area contributed by atoms with E-state index in [-0.39, 0.29) is 5.91 Å². The highest BCUT2D eigenvalue weighted by atomic mass is 16.1. The van der Waals surface area contributed by atoms with E-state index >= 15 is 0 Å². The van der Waals surface area contributed by atoms with Crippen LogP contribution in [0.1, 0.15) is 64.2 Å². The summed E-state index contributed by atoms with van der Waals surface area (Å²) in [5.41, 5.74) is 2.58. The molecule has 0 radical (unpaired) electrons. The Balaban J connectivity index is 1.20. The van der Waals surface area contributed by atoms with Crippen LogP contribution in [0.3, 0.4) is 0 Å². The van der Waals surface area contributed by atoms with E-state index in [0.717, 1.165) is 43.0 Å². The molecule has 1 amide bonds. The summed E-state index contributed by atoms with van der Waals surface area (Å²) >= 11 is 0. The van der Waals surface area contributed by atoms with Crippen molar-refractivity contribution in [1.29, 1.82) is 0 Å². The van der Waals surface area contributed by atoms with Gasteiger partial charge in [-0.05, 0) is 105 Å². The number of rotatable bonds is 4. The molecule has 3 heteroatoms. The molecule has 4 bridgehead atoms. The van der Waals surface area contributed by atoms with Crippen molar-refractivity contribution in [1.82, 2.24) is 0 Å². The summed E-state index contributed by atoms with van der Waals surface area (Å²) in [6.07, 6.45) is 12.9. The number of carbonyl (C=O) groups excluding carboxylic acids is 1. The Morgan fingerprint density at radius 1 is 0.923 bits per heavy atom. The van der Waals surface area contributed by atoms with Crippen LogP contribution in [0.25, 0.3) is 0 Å². The van der Waals surface area contributed by atoms with Crippen molar-refractivity contribution >= 4 is 17.3 Å². The second-order valence-electron chi connectivity index (χ2n) is 9.74. The fourth-order valence-corrected chi connectivity index (χ4v) is 6.96. The summed E-state index contributed by atoms with van der Waals surface area (Å²) in [6.45, 7) is 2.33. The monoisotopic (exact) mass is 352 g/mol. The van der Waals surface area contributed by atoms with Crippen LogP contribution in [-0.4, -0.2) is 19.0 Å². The van der Waals surface area contributed by atoms with E-state index in [1.807, 2.05) is 0 Å². The minimum absolute atomic E-state index is 0.234. The Kier molecular flexibility index (Phi) is 4.21. The zero-order chi connectivity index (χ0) is 17.6. The lowest BCUT2D eigenvalue weighted by atomic mass is 9.49. The van der Waals surface area contributed by atoms with Crippen LogP contribution in [0.15, 0.2) is 24.3 Å². The molecule has 5 fully saturated rings. The highest BCUT2D eigenvalue weighted by Crippen LogP contribution is 2.61. The summed E-state index contributed by atoms with van der Waals surface area (Å²) in [7, 11) is 0. The quantitative estimate of drug-likeness (QED) is 0.805. The van der Waals surface area contributed by atoms with E-state index in [4.69, 9.17) is 0 Å². The molecule has 1 N–H and O–H groups in total. The molecule has 1 aliphatic heterocycles. The number of hydrogen-bond acceptors (Lipinski definition) is 2. The van der Waals surface area contributed by atoms with E-state index in [1.165, 1.54) is 63.5 Å². The highest BCUT2D eigenvalue weighted by Gasteiger charge is 2.51. The first kappa shape index (κ1) is 16.6. The number of nitrogens with zero attached hydrogens (tertiary/aromatic N) is 1. The van der Waals surface area contributed by atoms with Gasteiger partial charge in [-0.3, -0.25) is 4.79 Å². The van der Waals surface area contributed by atoms with E-state index in [9.17, 15) is 4.79 Å². The third kappa shape index (κ3) is 3.25. The Labute approximate surface area is 157 Å². The van der Waals surface area contributed by atoms with Crippen LogP contribution in [0.4, 0.5) is 11.4 Å². The lowest BCUT2D eigenvalue weighted by molar-refractivity contribution is -0.124. The molecule has 26 heavy (non-hydrogen) atoms. The molecule has 1 aromatic carbocycles. The first-order chi connectivity index (χ1) is 12.7. The maximum absolute atomic E-state index is 12.8. The van der Waals surface area contributed by atoms with Crippen LogP contribution in [-0.2, 0) is 4.79 Å². The number of hydrogen-bond donors (Lipinski definition) is 1. The van der Waals surface area contributed by atoms with Gasteiger partial charge in [-0.2, -0.15) is 0 Å². The highest BCUT2D eigenvalue weighted by molar-refractivity contribution is 5.91. The van der Waals surface area contributed by atoms with Gasteiger partial charge in [-0.1, -0.05) is 0 Å². The van der Waals surface area contributed by atoms with Crippen LogP contribution in [0, 0.1) is 23.2 Å². The van der Waals surface area contributed by atoms with Crippen molar-refractivity contribution in [2.75, 3.05) is 23.3 Å². The number of carbonyl (C=O) groups is 1. The maximum atomic E-state index is 12.8. The first-order valence-corrected chi connectivity index (χ1v) is 10.8. The van der Waals surface area contributed by atoms with Crippen molar-refractivity contribution in [2.24, 2.45) is 23.2 Å². The van der Waals surface area contributed by atoms with E-state index in [1.54, 1.807) is 0 Å². The standard InChI is InChI=1S/C23H32N2O/c26-22(16-23-13-17-10-18(14-23)12-19(11-17)15-23)24-20-4-6-21(7-5-20)25-8-2-1-3-9-25/h4-7,17-19H,1-3,8-16H2,(H,24,26). The topological polar surface area (TPSA) is 32.3 Å². The zero-order valence-electron chi connectivity index (χ0n) is 15.9. The van der Waals surface area contributed by atoms with Gasteiger partial charge in [0.2, 0.25) is 5.91 Å². The van der Waals surface area contributed by atoms with Crippen molar-refractivity contribution in [2.45, 2.75) is 64.2 Å². The normalized spacial score (nSPS) is 35.5. The molecule has 1 aromatic rings. The van der Waals surface area contributed by atoms with E-state index in [2.05, 4.69) is 34.5 Å². The maximum Gasteiger partial charge on any atom is 0.224 e. The molecular weight excluding hydrogens is 320 g/mol. The second-order valence-corrected chi connectivity index (χ2v) is 9.74. The molecule has 5 aliphatic rings. The Morgan fingerprint density at radius 2 is 1.50 bits per heavy atom. The van der Waals surface area contributed by atoms with Crippen molar-refractivity contribution in [3.8, 4) is 0 Å². The van der Waals surface area contributed by atoms with Gasteiger partial charge < -0.3 is 10.2 Å². The number of amides is 1. The lowest BCUT2D eigenvalue weighted by Gasteiger charge is -2.56. The third-order valence-electron chi connectivity index (χ3n) is 7.57. The minimum Gasteiger partial charge on any atom is -0.372 e. The summed E-state index contributed by atoms with van der Waals surface area (Å²) in [5, 5.41) is 3.19. The molecule has 0 spiro atoms. The summed E-state index contributed by atoms with van der Waals surface area (Å²) in [5.74, 6) is 2.98.